The molecule has 0 radical (unpaired) electrons. The van der Waals surface area contributed by atoms with Crippen molar-refractivity contribution in [2.45, 2.75) is 59.0 Å². The fraction of sp³-hybridized carbons (Fsp3) is 0.632. The molecule has 148 valence electrons. The molecule has 6 nitrogen and oxygen atoms in total. The zero-order valence-corrected chi connectivity index (χ0v) is 16.3. The predicted octanol–water partition coefficient (Wildman–Crippen LogP) is 3.89. The number of alkyl halides is 2. The van der Waals surface area contributed by atoms with E-state index in [2.05, 4.69) is 25.3 Å². The number of aryl methyl sites for hydroxylation is 1. The second-order valence-corrected chi connectivity index (χ2v) is 7.17. The van der Waals surface area contributed by atoms with Crippen molar-refractivity contribution in [2.75, 3.05) is 25.0 Å². The molecule has 27 heavy (non-hydrogen) atoms. The maximum Gasteiger partial charge on any atom is 0.280 e. The predicted molar refractivity (Wildman–Crippen MR) is 102 cm³/mol. The normalized spacial score (nSPS) is 16.7. The van der Waals surface area contributed by atoms with Crippen LogP contribution in [0, 0.1) is 6.92 Å². The van der Waals surface area contributed by atoms with Crippen molar-refractivity contribution in [3.05, 3.63) is 23.7 Å². The van der Waals surface area contributed by atoms with E-state index < -0.39 is 6.43 Å². The van der Waals surface area contributed by atoms with Gasteiger partial charge in [0, 0.05) is 30.4 Å². The molecule has 0 amide bonds. The highest BCUT2D eigenvalue weighted by Gasteiger charge is 2.19. The molecule has 8 heteroatoms. The first-order chi connectivity index (χ1) is 13.0. The zero-order valence-electron chi connectivity index (χ0n) is 16.3. The van der Waals surface area contributed by atoms with Crippen LogP contribution in [0.1, 0.15) is 50.9 Å². The smallest absolute Gasteiger partial charge is 0.280 e. The first-order valence-corrected chi connectivity index (χ1v) is 9.66. The number of anilines is 1. The summed E-state index contributed by atoms with van der Waals surface area (Å²) < 4.78 is 28.6. The number of piperidine rings is 1. The topological polar surface area (TPSA) is 58.9 Å². The summed E-state index contributed by atoms with van der Waals surface area (Å²) in [7, 11) is 0. The number of hydrogen-bond acceptors (Lipinski definition) is 5. The largest absolute Gasteiger partial charge is 0.350 e. The molecule has 2 aromatic heterocycles. The highest BCUT2D eigenvalue weighted by atomic mass is 19.3. The lowest BCUT2D eigenvalue weighted by atomic mass is 10.1. The molecule has 0 aromatic carbocycles. The number of nitrogens with one attached hydrogen (secondary N) is 1. The lowest BCUT2D eigenvalue weighted by Crippen LogP contribution is -2.38. The van der Waals surface area contributed by atoms with Crippen LogP contribution in [0.15, 0.2) is 12.3 Å². The van der Waals surface area contributed by atoms with Gasteiger partial charge in [-0.3, -0.25) is 4.68 Å². The van der Waals surface area contributed by atoms with E-state index in [0.29, 0.717) is 5.69 Å². The molecule has 1 N–H and O–H groups in total. The van der Waals surface area contributed by atoms with Crippen LogP contribution in [0.25, 0.3) is 11.3 Å². The van der Waals surface area contributed by atoms with Crippen molar-refractivity contribution in [1.82, 2.24) is 24.6 Å². The highest BCUT2D eigenvalue weighted by Crippen LogP contribution is 2.27. The zero-order chi connectivity index (χ0) is 19.4. The molecule has 0 bridgehead atoms. The third-order valence-electron chi connectivity index (χ3n) is 5.00. The molecule has 0 unspecified atom stereocenters. The minimum absolute atomic E-state index is 0.0725. The number of likely N-dealkylation sites (tertiary alicyclic amines) is 1. The average Bonchev–Trinajstić information content (AvgIpc) is 3.02. The number of halogens is 2. The standard InChI is InChI=1S/C19H28F2N6/c1-4-27-14(3)15(11-22-27)16-10-17(18(20)21)25-19(24-16)23-13(2)12-26-8-6-5-7-9-26/h10-11,13,18H,4-9,12H2,1-3H3,(H,23,24,25)/t13-/m0/s1. The van der Waals surface area contributed by atoms with E-state index in [1.165, 1.54) is 25.3 Å². The Kier molecular flexibility index (Phi) is 6.36. The Bertz CT molecular complexity index is 755. The molecule has 1 aliphatic rings. The fourth-order valence-electron chi connectivity index (χ4n) is 3.59. The maximum atomic E-state index is 13.4. The number of rotatable bonds is 7. The summed E-state index contributed by atoms with van der Waals surface area (Å²) in [6.07, 6.45) is 2.75. The van der Waals surface area contributed by atoms with E-state index >= 15 is 0 Å². The van der Waals surface area contributed by atoms with Crippen LogP contribution >= 0.6 is 0 Å². The second kappa shape index (κ2) is 8.73. The van der Waals surface area contributed by atoms with E-state index in [9.17, 15) is 8.78 Å². The van der Waals surface area contributed by atoms with Crippen molar-refractivity contribution in [3.8, 4) is 11.3 Å². The Labute approximate surface area is 159 Å². The number of aromatic nitrogens is 4. The summed E-state index contributed by atoms with van der Waals surface area (Å²) in [6.45, 7) is 9.69. The van der Waals surface area contributed by atoms with E-state index in [1.54, 1.807) is 6.20 Å². The molecular weight excluding hydrogens is 350 g/mol. The van der Waals surface area contributed by atoms with Crippen LogP contribution < -0.4 is 5.32 Å². The molecule has 2 aromatic rings. The third kappa shape index (κ3) is 4.80. The number of nitrogens with zero attached hydrogens (tertiary/aromatic N) is 5. The Morgan fingerprint density at radius 2 is 1.93 bits per heavy atom. The first kappa shape index (κ1) is 19.7. The summed E-state index contributed by atoms with van der Waals surface area (Å²) in [5.41, 5.74) is 1.87. The van der Waals surface area contributed by atoms with Crippen molar-refractivity contribution in [3.63, 3.8) is 0 Å². The van der Waals surface area contributed by atoms with Gasteiger partial charge >= 0.3 is 0 Å². The van der Waals surface area contributed by atoms with Crippen LogP contribution in [-0.4, -0.2) is 50.3 Å². The van der Waals surface area contributed by atoms with Crippen LogP contribution in [0.5, 0.6) is 0 Å². The van der Waals surface area contributed by atoms with Crippen molar-refractivity contribution in [1.29, 1.82) is 0 Å². The quantitative estimate of drug-likeness (QED) is 0.792. The first-order valence-electron chi connectivity index (χ1n) is 9.66. The van der Waals surface area contributed by atoms with Crippen molar-refractivity contribution in [2.24, 2.45) is 0 Å². The molecule has 1 atom stereocenters. The monoisotopic (exact) mass is 378 g/mol. The van der Waals surface area contributed by atoms with Gasteiger partial charge in [0.25, 0.3) is 6.43 Å². The van der Waals surface area contributed by atoms with E-state index in [0.717, 1.165) is 37.4 Å². The van der Waals surface area contributed by atoms with Crippen molar-refractivity contribution < 1.29 is 8.78 Å². The number of hydrogen-bond donors (Lipinski definition) is 1. The van der Waals surface area contributed by atoms with Crippen LogP contribution in [0.2, 0.25) is 0 Å². The molecule has 3 heterocycles. The lowest BCUT2D eigenvalue weighted by molar-refractivity contribution is 0.146. The Morgan fingerprint density at radius 1 is 1.19 bits per heavy atom. The molecule has 1 saturated heterocycles. The summed E-state index contributed by atoms with van der Waals surface area (Å²) in [4.78, 5) is 10.9. The summed E-state index contributed by atoms with van der Waals surface area (Å²) in [5.74, 6) is 0.246. The van der Waals surface area contributed by atoms with E-state index in [-0.39, 0.29) is 17.7 Å². The van der Waals surface area contributed by atoms with Gasteiger partial charge in [0.05, 0.1) is 11.9 Å². The Hall–Kier alpha value is -2.09. The average molecular weight is 378 g/mol. The molecule has 3 rings (SSSR count). The van der Waals surface area contributed by atoms with Gasteiger partial charge in [-0.15, -0.1) is 0 Å². The SMILES string of the molecule is CCn1ncc(-c2cc(C(F)F)nc(N[C@@H](C)CN3CCCCC3)n2)c1C. The highest BCUT2D eigenvalue weighted by molar-refractivity contribution is 5.62. The van der Waals surface area contributed by atoms with Gasteiger partial charge in [-0.25, -0.2) is 18.7 Å². The molecular formula is C19H28F2N6. The Morgan fingerprint density at radius 3 is 2.56 bits per heavy atom. The molecule has 1 aliphatic heterocycles. The van der Waals surface area contributed by atoms with Crippen molar-refractivity contribution >= 4 is 5.95 Å². The fourth-order valence-corrected chi connectivity index (χ4v) is 3.59. The van der Waals surface area contributed by atoms with Gasteiger partial charge in [0.15, 0.2) is 0 Å². The van der Waals surface area contributed by atoms with Crippen LogP contribution in [-0.2, 0) is 6.54 Å². The van der Waals surface area contributed by atoms with Crippen LogP contribution in [0.4, 0.5) is 14.7 Å². The van der Waals surface area contributed by atoms with Gasteiger partial charge < -0.3 is 10.2 Å². The minimum Gasteiger partial charge on any atom is -0.350 e. The van der Waals surface area contributed by atoms with E-state index in [1.807, 2.05) is 25.5 Å². The molecule has 1 fully saturated rings. The second-order valence-electron chi connectivity index (χ2n) is 7.17. The minimum atomic E-state index is -2.65. The van der Waals surface area contributed by atoms with E-state index in [4.69, 9.17) is 0 Å². The Balaban J connectivity index is 1.81. The lowest BCUT2D eigenvalue weighted by Gasteiger charge is -2.29. The maximum absolute atomic E-state index is 13.4. The summed E-state index contributed by atoms with van der Waals surface area (Å²) in [6, 6.07) is 1.43. The van der Waals surface area contributed by atoms with Gasteiger partial charge in [0.2, 0.25) is 5.95 Å². The van der Waals surface area contributed by atoms with Crippen LogP contribution in [0.3, 0.4) is 0 Å². The summed E-state index contributed by atoms with van der Waals surface area (Å²) in [5, 5.41) is 7.51. The third-order valence-corrected chi connectivity index (χ3v) is 5.00. The van der Waals surface area contributed by atoms with Gasteiger partial charge in [-0.1, -0.05) is 6.42 Å². The molecule has 0 aliphatic carbocycles. The van der Waals surface area contributed by atoms with Gasteiger partial charge in [0.1, 0.15) is 5.69 Å². The van der Waals surface area contributed by atoms with Gasteiger partial charge in [-0.05, 0) is 52.8 Å². The molecule has 0 spiro atoms. The summed E-state index contributed by atoms with van der Waals surface area (Å²) >= 11 is 0. The molecule has 0 saturated carbocycles. The van der Waals surface area contributed by atoms with Gasteiger partial charge in [-0.2, -0.15) is 5.10 Å².